The van der Waals surface area contributed by atoms with Gasteiger partial charge in [0.25, 0.3) is 5.91 Å². The van der Waals surface area contributed by atoms with Crippen LogP contribution >= 0.6 is 15.9 Å². The van der Waals surface area contributed by atoms with Gasteiger partial charge in [0.05, 0.1) is 11.3 Å². The summed E-state index contributed by atoms with van der Waals surface area (Å²) in [5, 5.41) is 3.23. The second-order valence-corrected chi connectivity index (χ2v) is 7.20. The van der Waals surface area contributed by atoms with E-state index in [4.69, 9.17) is 4.42 Å². The van der Waals surface area contributed by atoms with Crippen LogP contribution in [0.15, 0.2) is 45.3 Å². The second-order valence-electron chi connectivity index (χ2n) is 6.34. The molecule has 0 atom stereocenters. The van der Waals surface area contributed by atoms with Gasteiger partial charge in [-0.1, -0.05) is 13.3 Å². The lowest BCUT2D eigenvalue weighted by Gasteiger charge is -2.18. The van der Waals surface area contributed by atoms with Crippen LogP contribution in [0.2, 0.25) is 0 Å². The molecule has 0 bridgehead atoms. The van der Waals surface area contributed by atoms with E-state index >= 15 is 0 Å². The fourth-order valence-electron chi connectivity index (χ4n) is 3.04. The lowest BCUT2D eigenvalue weighted by Crippen LogP contribution is -2.22. The first-order valence-corrected chi connectivity index (χ1v) is 9.75. The number of nitrogens with one attached hydrogen (secondary N) is 1. The third kappa shape index (κ3) is 3.80. The van der Waals surface area contributed by atoms with Gasteiger partial charge in [-0.25, -0.2) is 4.39 Å². The van der Waals surface area contributed by atoms with Crippen LogP contribution in [0.3, 0.4) is 0 Å². The van der Waals surface area contributed by atoms with Gasteiger partial charge in [0.15, 0.2) is 0 Å². The minimum absolute atomic E-state index is 0.309. The van der Waals surface area contributed by atoms with Gasteiger partial charge in [-0.05, 0) is 52.7 Å². The van der Waals surface area contributed by atoms with Crippen molar-refractivity contribution in [1.82, 2.24) is 5.32 Å². The van der Waals surface area contributed by atoms with Crippen LogP contribution in [0.25, 0.3) is 22.3 Å². The first-order chi connectivity index (χ1) is 13.5. The minimum Gasteiger partial charge on any atom is -0.455 e. The maximum Gasteiger partial charge on any atom is 0.255 e. The van der Waals surface area contributed by atoms with Crippen molar-refractivity contribution in [3.63, 3.8) is 0 Å². The standard InChI is InChI=1S/C21H20BrFN2O3/c1-3-4-9-25(12-26)17-11-18-15(10-16(17)22)19(21(27)24-2)20(28-18)13-5-7-14(23)8-6-13/h5-8,10-12H,3-4,9H2,1-2H3,(H,24,27). The van der Waals surface area contributed by atoms with Crippen LogP contribution < -0.4 is 10.2 Å². The van der Waals surface area contributed by atoms with Gasteiger partial charge in [-0.2, -0.15) is 0 Å². The number of fused-ring (bicyclic) bond motifs is 1. The normalized spacial score (nSPS) is 10.9. The van der Waals surface area contributed by atoms with E-state index in [1.54, 1.807) is 29.2 Å². The van der Waals surface area contributed by atoms with Crippen molar-refractivity contribution in [2.24, 2.45) is 0 Å². The molecule has 0 aliphatic rings. The molecule has 0 unspecified atom stereocenters. The zero-order valence-electron chi connectivity index (χ0n) is 15.6. The summed E-state index contributed by atoms with van der Waals surface area (Å²) in [4.78, 5) is 25.7. The Bertz CT molecular complexity index is 1010. The van der Waals surface area contributed by atoms with Crippen molar-refractivity contribution in [3.05, 3.63) is 52.3 Å². The molecule has 3 rings (SSSR count). The van der Waals surface area contributed by atoms with Gasteiger partial charge in [0, 0.05) is 35.1 Å². The van der Waals surface area contributed by atoms with Gasteiger partial charge in [-0.15, -0.1) is 0 Å². The Morgan fingerprint density at radius 2 is 2.00 bits per heavy atom. The van der Waals surface area contributed by atoms with Crippen molar-refractivity contribution in [2.75, 3.05) is 18.5 Å². The van der Waals surface area contributed by atoms with Crippen molar-refractivity contribution >= 4 is 44.9 Å². The van der Waals surface area contributed by atoms with Crippen molar-refractivity contribution in [2.45, 2.75) is 19.8 Å². The molecule has 2 amide bonds. The highest BCUT2D eigenvalue weighted by molar-refractivity contribution is 9.10. The molecule has 0 aliphatic carbocycles. The highest BCUT2D eigenvalue weighted by Gasteiger charge is 2.23. The third-order valence-electron chi connectivity index (χ3n) is 4.51. The third-order valence-corrected chi connectivity index (χ3v) is 5.14. The molecular weight excluding hydrogens is 427 g/mol. The van der Waals surface area contributed by atoms with Crippen LogP contribution in [-0.2, 0) is 4.79 Å². The molecule has 0 fully saturated rings. The smallest absolute Gasteiger partial charge is 0.255 e. The summed E-state index contributed by atoms with van der Waals surface area (Å²) in [7, 11) is 1.54. The molecule has 7 heteroatoms. The molecule has 28 heavy (non-hydrogen) atoms. The predicted molar refractivity (Wildman–Crippen MR) is 111 cm³/mol. The van der Waals surface area contributed by atoms with E-state index in [-0.39, 0.29) is 11.7 Å². The Morgan fingerprint density at radius 3 is 2.61 bits per heavy atom. The van der Waals surface area contributed by atoms with Crippen molar-refractivity contribution in [3.8, 4) is 11.3 Å². The molecule has 146 valence electrons. The summed E-state index contributed by atoms with van der Waals surface area (Å²) >= 11 is 3.51. The average molecular weight is 447 g/mol. The van der Waals surface area contributed by atoms with E-state index in [2.05, 4.69) is 28.2 Å². The molecule has 0 aliphatic heterocycles. The Kier molecular flexibility index (Phi) is 6.14. The summed E-state index contributed by atoms with van der Waals surface area (Å²) in [6.45, 7) is 2.64. The average Bonchev–Trinajstić information content (AvgIpc) is 3.06. The number of rotatable bonds is 7. The van der Waals surface area contributed by atoms with E-state index < -0.39 is 0 Å². The lowest BCUT2D eigenvalue weighted by atomic mass is 10.0. The first kappa shape index (κ1) is 20.1. The Hall–Kier alpha value is -2.67. The number of amides is 2. The van der Waals surface area contributed by atoms with Gasteiger partial charge in [0.1, 0.15) is 17.2 Å². The van der Waals surface area contributed by atoms with E-state index in [0.717, 1.165) is 19.3 Å². The van der Waals surface area contributed by atoms with E-state index in [0.29, 0.717) is 44.6 Å². The monoisotopic (exact) mass is 446 g/mol. The zero-order valence-corrected chi connectivity index (χ0v) is 17.2. The summed E-state index contributed by atoms with van der Waals surface area (Å²) in [5.74, 6) is -0.329. The van der Waals surface area contributed by atoms with Crippen LogP contribution in [0.4, 0.5) is 10.1 Å². The number of hydrogen-bond donors (Lipinski definition) is 1. The Morgan fingerprint density at radius 1 is 1.29 bits per heavy atom. The Balaban J connectivity index is 2.20. The number of nitrogens with zero attached hydrogens (tertiary/aromatic N) is 1. The summed E-state index contributed by atoms with van der Waals surface area (Å²) in [6.07, 6.45) is 2.61. The highest BCUT2D eigenvalue weighted by Crippen LogP contribution is 2.39. The highest BCUT2D eigenvalue weighted by atomic mass is 79.9. The first-order valence-electron chi connectivity index (χ1n) is 8.96. The van der Waals surface area contributed by atoms with Gasteiger partial charge in [0.2, 0.25) is 6.41 Å². The van der Waals surface area contributed by atoms with Crippen molar-refractivity contribution in [1.29, 1.82) is 0 Å². The number of benzene rings is 2. The van der Waals surface area contributed by atoms with Gasteiger partial charge in [-0.3, -0.25) is 9.59 Å². The van der Waals surface area contributed by atoms with E-state index in [1.807, 2.05) is 0 Å². The molecule has 0 saturated carbocycles. The molecule has 0 radical (unpaired) electrons. The van der Waals surface area contributed by atoms with Crippen LogP contribution in [-0.4, -0.2) is 25.9 Å². The fraction of sp³-hybridized carbons (Fsp3) is 0.238. The predicted octanol–water partition coefficient (Wildman–Crippen LogP) is 5.12. The zero-order chi connectivity index (χ0) is 20.3. The maximum absolute atomic E-state index is 13.3. The fourth-order valence-corrected chi connectivity index (χ4v) is 3.61. The number of hydrogen-bond acceptors (Lipinski definition) is 3. The summed E-state index contributed by atoms with van der Waals surface area (Å²) in [6, 6.07) is 9.27. The van der Waals surface area contributed by atoms with Crippen molar-refractivity contribution < 1.29 is 18.4 Å². The van der Waals surface area contributed by atoms with Crippen LogP contribution in [0.5, 0.6) is 0 Å². The molecular formula is C21H20BrFN2O3. The van der Waals surface area contributed by atoms with Gasteiger partial charge >= 0.3 is 0 Å². The number of furan rings is 1. The number of carbonyl (C=O) groups excluding carboxylic acids is 2. The SMILES string of the molecule is CCCCN(C=O)c1cc2oc(-c3ccc(F)cc3)c(C(=O)NC)c2cc1Br. The number of anilines is 1. The lowest BCUT2D eigenvalue weighted by molar-refractivity contribution is -0.107. The van der Waals surface area contributed by atoms with Crippen LogP contribution in [0.1, 0.15) is 30.1 Å². The molecule has 1 N–H and O–H groups in total. The largest absolute Gasteiger partial charge is 0.455 e. The number of unbranched alkanes of at least 4 members (excludes halogenated alkanes) is 1. The number of carbonyl (C=O) groups is 2. The second kappa shape index (κ2) is 8.56. The molecule has 0 saturated heterocycles. The molecule has 1 heterocycles. The molecule has 0 spiro atoms. The molecule has 3 aromatic rings. The topological polar surface area (TPSA) is 62.6 Å². The number of halogens is 2. The summed E-state index contributed by atoms with van der Waals surface area (Å²) < 4.78 is 20.0. The quantitative estimate of drug-likeness (QED) is 0.512. The summed E-state index contributed by atoms with van der Waals surface area (Å²) in [5.41, 5.74) is 2.09. The van der Waals surface area contributed by atoms with E-state index in [9.17, 15) is 14.0 Å². The molecule has 5 nitrogen and oxygen atoms in total. The maximum atomic E-state index is 13.3. The minimum atomic E-state index is -0.371. The van der Waals surface area contributed by atoms with Gasteiger partial charge < -0.3 is 14.6 Å². The van der Waals surface area contributed by atoms with Crippen LogP contribution in [0, 0.1) is 5.82 Å². The molecule has 1 aromatic heterocycles. The van der Waals surface area contributed by atoms with E-state index in [1.165, 1.54) is 19.2 Å². The molecule has 2 aromatic carbocycles. The Labute approximate surface area is 170 Å².